The summed E-state index contributed by atoms with van der Waals surface area (Å²) in [4.78, 5) is 41.7. The van der Waals surface area contributed by atoms with Gasteiger partial charge in [0.2, 0.25) is 5.91 Å². The van der Waals surface area contributed by atoms with Crippen molar-refractivity contribution in [1.82, 2.24) is 4.90 Å². The van der Waals surface area contributed by atoms with Crippen molar-refractivity contribution in [2.24, 2.45) is 5.92 Å². The van der Waals surface area contributed by atoms with Gasteiger partial charge in [0.25, 0.3) is 11.8 Å². The molecule has 2 aromatic carbocycles. The van der Waals surface area contributed by atoms with E-state index in [2.05, 4.69) is 5.32 Å². The van der Waals surface area contributed by atoms with Crippen molar-refractivity contribution in [2.45, 2.75) is 57.4 Å². The fourth-order valence-corrected chi connectivity index (χ4v) is 5.37. The Morgan fingerprint density at radius 3 is 2.70 bits per heavy atom. The average Bonchev–Trinajstić information content (AvgIpc) is 3.51. The molecule has 40 heavy (non-hydrogen) atoms. The predicted octanol–water partition coefficient (Wildman–Crippen LogP) is 2.31. The van der Waals surface area contributed by atoms with Crippen LogP contribution in [0.2, 0.25) is 0 Å². The number of benzene rings is 2. The summed E-state index contributed by atoms with van der Waals surface area (Å²) in [7, 11) is 1.51. The predicted molar refractivity (Wildman–Crippen MR) is 150 cm³/mol. The third-order valence-corrected chi connectivity index (χ3v) is 7.68. The number of carbonyl (C=O) groups excluding carboxylic acids is 3. The first-order valence-electron chi connectivity index (χ1n) is 13.5. The van der Waals surface area contributed by atoms with E-state index in [-0.39, 0.29) is 31.5 Å². The van der Waals surface area contributed by atoms with Crippen molar-refractivity contribution < 1.29 is 34.4 Å². The molecule has 2 aliphatic rings. The van der Waals surface area contributed by atoms with Crippen LogP contribution in [0.5, 0.6) is 5.75 Å². The number of methoxy groups -OCH3 is 1. The summed E-state index contributed by atoms with van der Waals surface area (Å²) in [6.07, 6.45) is 3.92. The number of nitrogens with zero attached hydrogens (tertiary/aromatic N) is 2. The number of likely N-dealkylation sites (tertiary alicyclic amines) is 1. The van der Waals surface area contributed by atoms with Crippen LogP contribution in [-0.4, -0.2) is 70.3 Å². The first-order chi connectivity index (χ1) is 19.1. The van der Waals surface area contributed by atoms with E-state index in [4.69, 9.17) is 4.74 Å². The van der Waals surface area contributed by atoms with E-state index in [0.717, 1.165) is 12.8 Å². The molecule has 2 aromatic rings. The highest BCUT2D eigenvalue weighted by Crippen LogP contribution is 2.47. The summed E-state index contributed by atoms with van der Waals surface area (Å²) in [5, 5.41) is 33.6. The van der Waals surface area contributed by atoms with E-state index in [1.54, 1.807) is 66.4 Å². The number of rotatable bonds is 10. The highest BCUT2D eigenvalue weighted by atomic mass is 16.5. The molecule has 2 aliphatic heterocycles. The lowest BCUT2D eigenvalue weighted by Crippen LogP contribution is -2.44. The normalized spacial score (nSPS) is 21.9. The number of fused-ring (bicyclic) bond motifs is 1. The van der Waals surface area contributed by atoms with Gasteiger partial charge in [0.15, 0.2) is 5.60 Å². The summed E-state index contributed by atoms with van der Waals surface area (Å²) >= 11 is 0. The molecule has 2 heterocycles. The molecule has 0 aliphatic carbocycles. The van der Waals surface area contributed by atoms with Crippen LogP contribution >= 0.6 is 0 Å². The average molecular weight is 552 g/mol. The molecule has 214 valence electrons. The third kappa shape index (κ3) is 5.74. The van der Waals surface area contributed by atoms with Crippen LogP contribution < -0.4 is 15.0 Å². The highest BCUT2D eigenvalue weighted by molar-refractivity contribution is 6.07. The molecular formula is C30H37N3O7. The molecule has 0 saturated carbocycles. The molecule has 0 radical (unpaired) electrons. The third-order valence-electron chi connectivity index (χ3n) is 7.68. The lowest BCUT2D eigenvalue weighted by Gasteiger charge is -2.28. The van der Waals surface area contributed by atoms with E-state index in [1.165, 1.54) is 18.9 Å². The molecule has 1 saturated heterocycles. The van der Waals surface area contributed by atoms with Crippen LogP contribution in [0.4, 0.5) is 11.4 Å². The minimum atomic E-state index is -1.90. The zero-order chi connectivity index (χ0) is 29.0. The van der Waals surface area contributed by atoms with Crippen molar-refractivity contribution in [1.29, 1.82) is 0 Å². The van der Waals surface area contributed by atoms with Gasteiger partial charge in [-0.3, -0.25) is 14.4 Å². The van der Waals surface area contributed by atoms with Gasteiger partial charge in [-0.25, -0.2) is 0 Å². The minimum Gasteiger partial charge on any atom is -0.497 e. The number of anilines is 2. The molecule has 10 nitrogen and oxygen atoms in total. The number of hydrogen-bond donors (Lipinski definition) is 4. The quantitative estimate of drug-likeness (QED) is 0.332. The Bertz CT molecular complexity index is 1290. The topological polar surface area (TPSA) is 140 Å². The molecule has 4 rings (SSSR count). The number of nitrogens with one attached hydrogen (secondary N) is 1. The van der Waals surface area contributed by atoms with Gasteiger partial charge < -0.3 is 35.2 Å². The van der Waals surface area contributed by atoms with Crippen LogP contribution in [0.25, 0.3) is 0 Å². The van der Waals surface area contributed by atoms with Gasteiger partial charge in [-0.15, -0.1) is 0 Å². The zero-order valence-electron chi connectivity index (χ0n) is 23.0. The molecule has 0 aromatic heterocycles. The van der Waals surface area contributed by atoms with Gasteiger partial charge >= 0.3 is 0 Å². The van der Waals surface area contributed by atoms with Crippen LogP contribution in [0.3, 0.4) is 0 Å². The molecule has 4 N–H and O–H groups in total. The summed E-state index contributed by atoms with van der Waals surface area (Å²) in [6, 6.07) is 11.9. The second kappa shape index (κ2) is 12.2. The Balaban J connectivity index is 1.57. The highest BCUT2D eigenvalue weighted by Gasteiger charge is 2.52. The molecule has 4 atom stereocenters. The lowest BCUT2D eigenvalue weighted by atomic mass is 9.83. The van der Waals surface area contributed by atoms with Gasteiger partial charge in [0.05, 0.1) is 32.0 Å². The molecule has 0 spiro atoms. The van der Waals surface area contributed by atoms with Crippen LogP contribution in [0, 0.1) is 5.92 Å². The number of aliphatic hydroxyl groups excluding tert-OH is 2. The summed E-state index contributed by atoms with van der Waals surface area (Å²) in [5.41, 5.74) is 0.219. The number of carbonyl (C=O) groups is 3. The zero-order valence-corrected chi connectivity index (χ0v) is 23.0. The molecule has 1 fully saturated rings. The van der Waals surface area contributed by atoms with Crippen LogP contribution in [0.1, 0.15) is 44.2 Å². The Labute approximate surface area is 233 Å². The Hall–Kier alpha value is -3.73. The minimum absolute atomic E-state index is 0.0651. The Kier molecular flexibility index (Phi) is 8.92. The fourth-order valence-electron chi connectivity index (χ4n) is 5.37. The van der Waals surface area contributed by atoms with E-state index in [0.29, 0.717) is 34.8 Å². The molecule has 10 heteroatoms. The maximum atomic E-state index is 13.9. The maximum Gasteiger partial charge on any atom is 0.264 e. The Morgan fingerprint density at radius 1 is 1.23 bits per heavy atom. The van der Waals surface area contributed by atoms with Gasteiger partial charge in [-0.05, 0) is 55.7 Å². The maximum absolute atomic E-state index is 13.9. The monoisotopic (exact) mass is 551 g/mol. The van der Waals surface area contributed by atoms with Gasteiger partial charge in [-0.2, -0.15) is 0 Å². The largest absolute Gasteiger partial charge is 0.497 e. The molecule has 0 bridgehead atoms. The SMILES string of the molecule is COc1ccc2c(c1)[C@](O)([C@@H](C)/C=C/CC(=O)N1CCC[C@H]1CO)C(=O)N2Cc1cccc(NC(=O)[C@H](C)O)c1. The summed E-state index contributed by atoms with van der Waals surface area (Å²) < 4.78 is 5.37. The molecule has 3 amide bonds. The number of aliphatic hydroxyl groups is 3. The van der Waals surface area contributed by atoms with E-state index < -0.39 is 29.4 Å². The van der Waals surface area contributed by atoms with E-state index in [1.807, 2.05) is 0 Å². The van der Waals surface area contributed by atoms with Crippen molar-refractivity contribution >= 4 is 29.1 Å². The standard InChI is InChI=1S/C30H37N3O7/c1-19(7-4-11-27(36)32-14-6-10-23(32)18-34)30(39)25-16-24(40-3)12-13-26(25)33(29(30)38)17-21-8-5-9-22(15-21)31-28(37)20(2)35/h4-5,7-9,12-13,15-16,19-20,23,34-35,39H,6,10-11,14,17-18H2,1-3H3,(H,31,37)/b7-4+/t19-,20-,23-,30+/m0/s1. The van der Waals surface area contributed by atoms with Crippen LogP contribution in [0.15, 0.2) is 54.6 Å². The van der Waals surface area contributed by atoms with E-state index in [9.17, 15) is 29.7 Å². The first kappa shape index (κ1) is 29.3. The first-order valence-corrected chi connectivity index (χ1v) is 13.5. The number of amides is 3. The smallest absolute Gasteiger partial charge is 0.264 e. The van der Waals surface area contributed by atoms with Gasteiger partial charge in [0.1, 0.15) is 11.9 Å². The second-order valence-electron chi connectivity index (χ2n) is 10.4. The fraction of sp³-hybridized carbons (Fsp3) is 0.433. The molecule has 0 unspecified atom stereocenters. The van der Waals surface area contributed by atoms with E-state index >= 15 is 0 Å². The number of ether oxygens (including phenoxy) is 1. The Morgan fingerprint density at radius 2 is 2.00 bits per heavy atom. The van der Waals surface area contributed by atoms with Crippen molar-refractivity contribution in [2.75, 3.05) is 30.5 Å². The van der Waals surface area contributed by atoms with Crippen molar-refractivity contribution in [3.05, 3.63) is 65.7 Å². The van der Waals surface area contributed by atoms with Crippen molar-refractivity contribution in [3.8, 4) is 5.75 Å². The summed E-state index contributed by atoms with van der Waals surface area (Å²) in [5.74, 6) is -1.34. The second-order valence-corrected chi connectivity index (χ2v) is 10.4. The number of hydrogen-bond acceptors (Lipinski definition) is 7. The van der Waals surface area contributed by atoms with Crippen molar-refractivity contribution in [3.63, 3.8) is 0 Å². The molecular weight excluding hydrogens is 514 g/mol. The van der Waals surface area contributed by atoms with Gasteiger partial charge in [0, 0.05) is 30.1 Å². The lowest BCUT2D eigenvalue weighted by molar-refractivity contribution is -0.139. The summed E-state index contributed by atoms with van der Waals surface area (Å²) in [6.45, 7) is 3.78. The van der Waals surface area contributed by atoms with Crippen LogP contribution in [-0.2, 0) is 26.5 Å². The van der Waals surface area contributed by atoms with Gasteiger partial charge in [-0.1, -0.05) is 31.2 Å².